The summed E-state index contributed by atoms with van der Waals surface area (Å²) in [7, 11) is 1.91. The smallest absolute Gasteiger partial charge is 0.152 e. The largest absolute Gasteiger partial charge is 0.388 e. The molecule has 0 spiro atoms. The van der Waals surface area contributed by atoms with E-state index in [2.05, 4.69) is 9.97 Å². The van der Waals surface area contributed by atoms with Crippen LogP contribution in [0.15, 0.2) is 60.1 Å². The fourth-order valence-corrected chi connectivity index (χ4v) is 3.86. The molecule has 7 nitrogen and oxygen atoms in total. The summed E-state index contributed by atoms with van der Waals surface area (Å²) in [6.45, 7) is -0.0561. The number of halogens is 1. The second kappa shape index (κ2) is 8.17. The molecule has 1 aliphatic rings. The van der Waals surface area contributed by atoms with Gasteiger partial charge in [0.05, 0.1) is 36.3 Å². The first kappa shape index (κ1) is 19.9. The number of allylic oxidation sites excluding steroid dienone is 5. The van der Waals surface area contributed by atoms with Crippen molar-refractivity contribution in [2.45, 2.75) is 19.6 Å². The lowest BCUT2D eigenvalue weighted by Crippen LogP contribution is -2.78. The van der Waals surface area contributed by atoms with Gasteiger partial charge < -0.3 is 26.1 Å². The van der Waals surface area contributed by atoms with Crippen LogP contribution in [0.4, 0.5) is 10.2 Å². The van der Waals surface area contributed by atoms with Gasteiger partial charge in [-0.3, -0.25) is 0 Å². The molecule has 154 valence electrons. The summed E-state index contributed by atoms with van der Waals surface area (Å²) in [5.74, 6) is 0.528. The van der Waals surface area contributed by atoms with Crippen LogP contribution in [0.25, 0.3) is 21.9 Å². The van der Waals surface area contributed by atoms with E-state index in [0.29, 0.717) is 29.3 Å². The molecule has 0 radical (unpaired) electrons. The molecule has 0 amide bonds. The highest BCUT2D eigenvalue weighted by Crippen LogP contribution is 2.29. The van der Waals surface area contributed by atoms with Gasteiger partial charge in [0, 0.05) is 11.5 Å². The standard InChI is InChI=1S/C22H23FN6O/c1-26-18(13-6-8-14(23)9-7-13)10-15(24)11-29-19(12-30)28-20-21(29)16-4-2-3-5-17(16)27-22(20)25/h2-6,8-10,13,24,26,30H,7,11-12H2,1H3,(H2,25,27)/p+1. The second-order valence-corrected chi connectivity index (χ2v) is 7.23. The number of nitrogens with two attached hydrogens (primary N) is 2. The van der Waals surface area contributed by atoms with E-state index < -0.39 is 0 Å². The summed E-state index contributed by atoms with van der Waals surface area (Å²) >= 11 is 0. The average molecular weight is 407 g/mol. The number of aliphatic hydroxyl groups is 1. The predicted octanol–water partition coefficient (Wildman–Crippen LogP) is 2.19. The van der Waals surface area contributed by atoms with Crippen molar-refractivity contribution in [3.05, 3.63) is 65.9 Å². The molecular weight excluding hydrogens is 383 g/mol. The molecule has 0 saturated carbocycles. The Morgan fingerprint density at radius 1 is 1.40 bits per heavy atom. The number of nitrogen functional groups attached to an aromatic ring is 1. The highest BCUT2D eigenvalue weighted by molar-refractivity contribution is 6.07. The highest BCUT2D eigenvalue weighted by atomic mass is 19.1. The number of nitrogens with one attached hydrogen (secondary N) is 1. The van der Waals surface area contributed by atoms with Crippen LogP contribution in [0.5, 0.6) is 0 Å². The third-order valence-electron chi connectivity index (χ3n) is 5.32. The minimum atomic E-state index is -0.276. The van der Waals surface area contributed by atoms with Gasteiger partial charge in [-0.15, -0.1) is 0 Å². The number of rotatable bonds is 6. The van der Waals surface area contributed by atoms with Crippen molar-refractivity contribution >= 4 is 33.5 Å². The van der Waals surface area contributed by atoms with Crippen LogP contribution in [-0.4, -0.2) is 32.4 Å². The molecule has 30 heavy (non-hydrogen) atoms. The van der Waals surface area contributed by atoms with Gasteiger partial charge in [-0.25, -0.2) is 14.4 Å². The molecule has 1 aromatic carbocycles. The van der Waals surface area contributed by atoms with E-state index in [1.165, 1.54) is 6.08 Å². The number of para-hydroxylation sites is 1. The lowest BCUT2D eigenvalue weighted by atomic mass is 9.95. The van der Waals surface area contributed by atoms with Gasteiger partial charge in [0.1, 0.15) is 29.5 Å². The number of fused-ring (bicyclic) bond motifs is 3. The van der Waals surface area contributed by atoms with Crippen molar-refractivity contribution in [3.8, 4) is 0 Å². The summed E-state index contributed by atoms with van der Waals surface area (Å²) in [5, 5.41) is 21.2. The van der Waals surface area contributed by atoms with Crippen molar-refractivity contribution in [2.75, 3.05) is 12.8 Å². The van der Waals surface area contributed by atoms with Crippen LogP contribution in [0, 0.1) is 11.3 Å². The molecule has 2 aromatic heterocycles. The maximum Gasteiger partial charge on any atom is 0.152 e. The monoisotopic (exact) mass is 407 g/mol. The maximum absolute atomic E-state index is 13.3. The topological polar surface area (TPSA) is 117 Å². The van der Waals surface area contributed by atoms with Crippen LogP contribution in [0.2, 0.25) is 0 Å². The normalized spacial score (nSPS) is 17.0. The van der Waals surface area contributed by atoms with Crippen molar-refractivity contribution in [3.63, 3.8) is 0 Å². The fourth-order valence-electron chi connectivity index (χ4n) is 3.86. The number of quaternary nitrogens is 1. The quantitative estimate of drug-likeness (QED) is 0.469. The van der Waals surface area contributed by atoms with E-state index in [9.17, 15) is 9.50 Å². The van der Waals surface area contributed by atoms with E-state index in [1.807, 2.05) is 47.3 Å². The SMILES string of the molecule is C[NH2+]C(=CC(=N)Cn1c(CO)nc2c(N)nc3ccccc3c21)C1C=CC(F)=CC1. The van der Waals surface area contributed by atoms with Gasteiger partial charge in [-0.05, 0) is 24.6 Å². The van der Waals surface area contributed by atoms with Crippen molar-refractivity contribution in [1.82, 2.24) is 14.5 Å². The number of aromatic nitrogens is 3. The predicted molar refractivity (Wildman–Crippen MR) is 115 cm³/mol. The van der Waals surface area contributed by atoms with Crippen LogP contribution in [0.1, 0.15) is 12.2 Å². The number of hydrogen-bond acceptors (Lipinski definition) is 5. The zero-order chi connectivity index (χ0) is 21.3. The number of anilines is 1. The van der Waals surface area contributed by atoms with Gasteiger partial charge in [0.25, 0.3) is 0 Å². The summed E-state index contributed by atoms with van der Waals surface area (Å²) in [5.41, 5.74) is 9.42. The first-order valence-corrected chi connectivity index (χ1v) is 9.78. The molecule has 0 bridgehead atoms. The lowest BCUT2D eigenvalue weighted by molar-refractivity contribution is -0.581. The molecule has 6 N–H and O–H groups in total. The maximum atomic E-state index is 13.3. The Bertz CT molecular complexity index is 1220. The van der Waals surface area contributed by atoms with Gasteiger partial charge in [0.2, 0.25) is 0 Å². The number of aliphatic hydroxyl groups excluding tert-OH is 1. The number of nitrogens with zero attached hydrogens (tertiary/aromatic N) is 3. The fraction of sp³-hybridized carbons (Fsp3) is 0.227. The van der Waals surface area contributed by atoms with Gasteiger partial charge in [0.15, 0.2) is 5.82 Å². The summed E-state index contributed by atoms with van der Waals surface area (Å²) < 4.78 is 15.1. The third-order valence-corrected chi connectivity index (χ3v) is 5.32. The Hall–Kier alpha value is -3.36. The van der Waals surface area contributed by atoms with E-state index in [0.717, 1.165) is 22.1 Å². The average Bonchev–Trinajstić information content (AvgIpc) is 3.12. The molecule has 3 aromatic rings. The Kier molecular flexibility index (Phi) is 5.43. The molecule has 0 aliphatic heterocycles. The Morgan fingerprint density at radius 3 is 2.90 bits per heavy atom. The van der Waals surface area contributed by atoms with Crippen molar-refractivity contribution < 1.29 is 14.8 Å². The Morgan fingerprint density at radius 2 is 2.20 bits per heavy atom. The second-order valence-electron chi connectivity index (χ2n) is 7.23. The van der Waals surface area contributed by atoms with Crippen LogP contribution >= 0.6 is 0 Å². The summed E-state index contributed by atoms with van der Waals surface area (Å²) in [4.78, 5) is 8.88. The number of benzene rings is 1. The zero-order valence-corrected chi connectivity index (χ0v) is 16.6. The highest BCUT2D eigenvalue weighted by Gasteiger charge is 2.20. The zero-order valence-electron chi connectivity index (χ0n) is 16.6. The van der Waals surface area contributed by atoms with E-state index in [-0.39, 0.29) is 24.9 Å². The summed E-state index contributed by atoms with van der Waals surface area (Å²) in [6.07, 6.45) is 7.20. The van der Waals surface area contributed by atoms with E-state index in [1.54, 1.807) is 12.2 Å². The summed E-state index contributed by atoms with van der Waals surface area (Å²) in [6, 6.07) is 7.60. The lowest BCUT2D eigenvalue weighted by Gasteiger charge is -2.15. The van der Waals surface area contributed by atoms with Crippen LogP contribution < -0.4 is 11.1 Å². The first-order valence-electron chi connectivity index (χ1n) is 9.78. The van der Waals surface area contributed by atoms with Crippen molar-refractivity contribution in [2.24, 2.45) is 5.92 Å². The molecule has 1 aliphatic carbocycles. The Balaban J connectivity index is 1.74. The molecule has 1 unspecified atom stereocenters. The van der Waals surface area contributed by atoms with Gasteiger partial charge in [-0.1, -0.05) is 24.3 Å². The van der Waals surface area contributed by atoms with E-state index in [4.69, 9.17) is 11.1 Å². The van der Waals surface area contributed by atoms with Gasteiger partial charge >= 0.3 is 0 Å². The van der Waals surface area contributed by atoms with Crippen LogP contribution in [-0.2, 0) is 13.2 Å². The third kappa shape index (κ3) is 3.62. The van der Waals surface area contributed by atoms with E-state index >= 15 is 0 Å². The number of imidazole rings is 1. The molecule has 0 saturated heterocycles. The minimum Gasteiger partial charge on any atom is -0.388 e. The molecule has 1 atom stereocenters. The molecular formula is C22H24FN6O+. The minimum absolute atomic E-state index is 0.0346. The number of hydrogen-bond donors (Lipinski definition) is 4. The molecule has 8 heteroatoms. The molecule has 2 heterocycles. The van der Waals surface area contributed by atoms with Crippen LogP contribution in [0.3, 0.4) is 0 Å². The van der Waals surface area contributed by atoms with Gasteiger partial charge in [-0.2, -0.15) is 0 Å². The molecule has 4 rings (SSSR count). The first-order chi connectivity index (χ1) is 14.5. The number of pyridine rings is 1. The Labute approximate surface area is 172 Å². The van der Waals surface area contributed by atoms with Crippen molar-refractivity contribution in [1.29, 1.82) is 5.41 Å². The molecule has 0 fully saturated rings.